The van der Waals surface area contributed by atoms with Crippen molar-refractivity contribution in [1.82, 2.24) is 24.9 Å². The molecule has 2 heterocycles. The van der Waals surface area contributed by atoms with Gasteiger partial charge in [0.2, 0.25) is 5.91 Å². The number of carbonyl (C=O) groups is 3. The summed E-state index contributed by atoms with van der Waals surface area (Å²) in [6, 6.07) is 5.70. The fraction of sp³-hybridized carbons (Fsp3) is 0.391. The molecule has 0 aliphatic rings. The van der Waals surface area contributed by atoms with Gasteiger partial charge in [-0.05, 0) is 57.7 Å². The number of anilines is 1. The Hall–Kier alpha value is -3.82. The predicted molar refractivity (Wildman–Crippen MR) is 122 cm³/mol. The Morgan fingerprint density at radius 2 is 1.82 bits per heavy atom. The van der Waals surface area contributed by atoms with Gasteiger partial charge in [0.05, 0.1) is 6.54 Å². The van der Waals surface area contributed by atoms with Gasteiger partial charge < -0.3 is 15.4 Å². The molecule has 1 unspecified atom stereocenters. The Bertz CT molecular complexity index is 1180. The van der Waals surface area contributed by atoms with Gasteiger partial charge in [0.15, 0.2) is 6.10 Å². The first-order valence-corrected chi connectivity index (χ1v) is 10.7. The second-order valence-corrected chi connectivity index (χ2v) is 7.90. The number of carbonyl (C=O) groups excluding carboxylic acids is 3. The van der Waals surface area contributed by atoms with Gasteiger partial charge >= 0.3 is 5.97 Å². The second-order valence-electron chi connectivity index (χ2n) is 7.90. The molecular formula is C23H28N6O4. The largest absolute Gasteiger partial charge is 0.453 e. The van der Waals surface area contributed by atoms with Crippen LogP contribution in [-0.2, 0) is 25.5 Å². The Balaban J connectivity index is 1.47. The van der Waals surface area contributed by atoms with Crippen molar-refractivity contribution >= 4 is 29.2 Å². The van der Waals surface area contributed by atoms with Crippen LogP contribution in [0.25, 0.3) is 5.78 Å². The van der Waals surface area contributed by atoms with E-state index in [2.05, 4.69) is 25.7 Å². The summed E-state index contributed by atoms with van der Waals surface area (Å²) < 4.78 is 6.86. The highest BCUT2D eigenvalue weighted by Gasteiger charge is 2.20. The van der Waals surface area contributed by atoms with Crippen LogP contribution in [0, 0.1) is 27.7 Å². The molecule has 0 bridgehead atoms. The summed E-state index contributed by atoms with van der Waals surface area (Å²) in [6.45, 7) is 8.77. The maximum Gasteiger partial charge on any atom is 0.306 e. The zero-order valence-corrected chi connectivity index (χ0v) is 19.4. The van der Waals surface area contributed by atoms with E-state index in [1.165, 1.54) is 13.3 Å². The van der Waals surface area contributed by atoms with Crippen molar-refractivity contribution in [1.29, 1.82) is 0 Å². The maximum atomic E-state index is 12.3. The minimum atomic E-state index is -1.02. The normalized spacial score (nSPS) is 11.8. The molecule has 2 amide bonds. The van der Waals surface area contributed by atoms with Crippen LogP contribution < -0.4 is 10.6 Å². The lowest BCUT2D eigenvalue weighted by Crippen LogP contribution is -2.40. The molecule has 1 aromatic carbocycles. The van der Waals surface area contributed by atoms with Crippen molar-refractivity contribution in [2.75, 3.05) is 11.9 Å². The van der Waals surface area contributed by atoms with Crippen LogP contribution in [0.15, 0.2) is 24.5 Å². The highest BCUT2D eigenvalue weighted by atomic mass is 16.5. The van der Waals surface area contributed by atoms with Gasteiger partial charge in [0.25, 0.3) is 11.7 Å². The second kappa shape index (κ2) is 10.2. The topological polar surface area (TPSA) is 128 Å². The average Bonchev–Trinajstić information content (AvgIpc) is 3.23. The molecule has 0 spiro atoms. The summed E-state index contributed by atoms with van der Waals surface area (Å²) in [5.74, 6) is -0.919. The smallest absolute Gasteiger partial charge is 0.306 e. The van der Waals surface area contributed by atoms with Gasteiger partial charge in [-0.15, -0.1) is 0 Å². The SMILES string of the molecule is Cc1cccc(C)c1NC(=O)CNC(=O)C(C)OC(=O)CCc1c(C)nc2ncnn2c1C. The Morgan fingerprint density at radius 3 is 2.52 bits per heavy atom. The van der Waals surface area contributed by atoms with Crippen LogP contribution in [-0.4, -0.2) is 50.0 Å². The van der Waals surface area contributed by atoms with Crippen molar-refractivity contribution in [3.63, 3.8) is 0 Å². The molecule has 3 rings (SSSR count). The summed E-state index contributed by atoms with van der Waals surface area (Å²) in [6.07, 6.45) is 0.874. The van der Waals surface area contributed by atoms with Crippen LogP contribution in [0.1, 0.15) is 41.4 Å². The lowest BCUT2D eigenvalue weighted by molar-refractivity contribution is -0.154. The molecule has 2 N–H and O–H groups in total. The van der Waals surface area contributed by atoms with Crippen molar-refractivity contribution in [3.05, 3.63) is 52.6 Å². The molecule has 10 heteroatoms. The van der Waals surface area contributed by atoms with Crippen LogP contribution in [0.4, 0.5) is 5.69 Å². The molecule has 10 nitrogen and oxygen atoms in total. The van der Waals surface area contributed by atoms with Crippen LogP contribution in [0.3, 0.4) is 0 Å². The van der Waals surface area contributed by atoms with E-state index >= 15 is 0 Å². The predicted octanol–water partition coefficient (Wildman–Crippen LogP) is 1.98. The number of ether oxygens (including phenoxy) is 1. The fourth-order valence-corrected chi connectivity index (χ4v) is 3.56. The number of rotatable bonds is 8. The molecule has 0 saturated carbocycles. The molecule has 3 aromatic rings. The maximum absolute atomic E-state index is 12.3. The van der Waals surface area contributed by atoms with E-state index < -0.39 is 18.0 Å². The average molecular weight is 453 g/mol. The molecular weight excluding hydrogens is 424 g/mol. The lowest BCUT2D eigenvalue weighted by Gasteiger charge is -2.15. The number of aryl methyl sites for hydroxylation is 4. The van der Waals surface area contributed by atoms with Crippen molar-refractivity contribution in [3.8, 4) is 0 Å². The van der Waals surface area contributed by atoms with E-state index in [-0.39, 0.29) is 18.9 Å². The summed E-state index contributed by atoms with van der Waals surface area (Å²) >= 11 is 0. The van der Waals surface area contributed by atoms with E-state index in [4.69, 9.17) is 4.74 Å². The Kier molecular flexibility index (Phi) is 7.37. The zero-order chi connectivity index (χ0) is 24.1. The number of aromatic nitrogens is 4. The first kappa shape index (κ1) is 23.8. The number of nitrogens with one attached hydrogen (secondary N) is 2. The van der Waals surface area contributed by atoms with E-state index in [1.807, 2.05) is 45.9 Å². The van der Waals surface area contributed by atoms with E-state index in [0.29, 0.717) is 12.2 Å². The van der Waals surface area contributed by atoms with Gasteiger partial charge in [-0.3, -0.25) is 14.4 Å². The van der Waals surface area contributed by atoms with E-state index in [1.54, 1.807) is 4.52 Å². The molecule has 2 aromatic heterocycles. The molecule has 1 atom stereocenters. The molecule has 174 valence electrons. The first-order valence-electron chi connectivity index (χ1n) is 10.7. The third kappa shape index (κ3) is 5.71. The fourth-order valence-electron chi connectivity index (χ4n) is 3.56. The molecule has 0 saturated heterocycles. The van der Waals surface area contributed by atoms with Crippen molar-refractivity contribution in [2.45, 2.75) is 53.6 Å². The standard InChI is InChI=1S/C23H28N6O4/c1-13-7-6-8-14(2)21(13)28-19(30)11-24-22(32)17(5)33-20(31)10-9-18-15(3)27-23-25-12-26-29(23)16(18)4/h6-8,12,17H,9-11H2,1-5H3,(H,24,32)(H,28,30). The third-order valence-electron chi connectivity index (χ3n) is 5.41. The first-order chi connectivity index (χ1) is 15.7. The molecule has 0 aliphatic carbocycles. The highest BCUT2D eigenvalue weighted by molar-refractivity contribution is 5.96. The van der Waals surface area contributed by atoms with Crippen LogP contribution in [0.5, 0.6) is 0 Å². The zero-order valence-electron chi connectivity index (χ0n) is 19.4. The van der Waals surface area contributed by atoms with Gasteiger partial charge in [-0.2, -0.15) is 10.1 Å². The quantitative estimate of drug-likeness (QED) is 0.500. The third-order valence-corrected chi connectivity index (χ3v) is 5.41. The minimum Gasteiger partial charge on any atom is -0.453 e. The lowest BCUT2D eigenvalue weighted by atomic mass is 10.1. The molecule has 33 heavy (non-hydrogen) atoms. The number of para-hydroxylation sites is 1. The summed E-state index contributed by atoms with van der Waals surface area (Å²) in [7, 11) is 0. The van der Waals surface area contributed by atoms with Gasteiger partial charge in [-0.25, -0.2) is 9.50 Å². The Morgan fingerprint density at radius 1 is 1.12 bits per heavy atom. The number of nitrogens with zero attached hydrogens (tertiary/aromatic N) is 4. The number of esters is 1. The number of amides is 2. The molecule has 0 radical (unpaired) electrons. The van der Waals surface area contributed by atoms with E-state index in [9.17, 15) is 14.4 Å². The van der Waals surface area contributed by atoms with Gasteiger partial charge in [0, 0.05) is 23.5 Å². The van der Waals surface area contributed by atoms with E-state index in [0.717, 1.165) is 33.8 Å². The van der Waals surface area contributed by atoms with Gasteiger partial charge in [-0.1, -0.05) is 18.2 Å². The van der Waals surface area contributed by atoms with Crippen LogP contribution >= 0.6 is 0 Å². The van der Waals surface area contributed by atoms with Crippen LogP contribution in [0.2, 0.25) is 0 Å². The van der Waals surface area contributed by atoms with Gasteiger partial charge in [0.1, 0.15) is 6.33 Å². The molecule has 0 aliphatic heterocycles. The number of benzene rings is 1. The Labute approximate surface area is 191 Å². The van der Waals surface area contributed by atoms with Crippen molar-refractivity contribution in [2.24, 2.45) is 0 Å². The summed E-state index contributed by atoms with van der Waals surface area (Å²) in [5.41, 5.74) is 5.08. The monoisotopic (exact) mass is 452 g/mol. The number of hydrogen-bond donors (Lipinski definition) is 2. The summed E-state index contributed by atoms with van der Waals surface area (Å²) in [4.78, 5) is 45.2. The number of hydrogen-bond acceptors (Lipinski definition) is 7. The number of fused-ring (bicyclic) bond motifs is 1. The molecule has 0 fully saturated rings. The minimum absolute atomic E-state index is 0.0776. The highest BCUT2D eigenvalue weighted by Crippen LogP contribution is 2.19. The summed E-state index contributed by atoms with van der Waals surface area (Å²) in [5, 5.41) is 9.42. The van der Waals surface area contributed by atoms with Crippen molar-refractivity contribution < 1.29 is 19.1 Å².